The SMILES string of the molecule is C=C(C)CN(CC)C(=O)CN1CCN(C(=O)CN2CCOCC2)CC1. The standard InChI is InChI=1S/C18H32N4O3/c1-4-21(13-16(2)3)17(23)14-19-5-7-22(8-6-19)18(24)15-20-9-11-25-12-10-20/h2,4-15H2,1,3H3. The second-order valence-corrected chi connectivity index (χ2v) is 6.91. The molecular weight excluding hydrogens is 320 g/mol. The van der Waals surface area contributed by atoms with Crippen LogP contribution in [0.25, 0.3) is 0 Å². The number of morpholine rings is 1. The zero-order chi connectivity index (χ0) is 18.2. The molecule has 0 aromatic rings. The van der Waals surface area contributed by atoms with Crippen LogP contribution in [0.1, 0.15) is 13.8 Å². The third-order valence-electron chi connectivity index (χ3n) is 4.74. The van der Waals surface area contributed by atoms with E-state index in [4.69, 9.17) is 4.74 Å². The van der Waals surface area contributed by atoms with Gasteiger partial charge >= 0.3 is 0 Å². The van der Waals surface area contributed by atoms with Crippen LogP contribution in [0.5, 0.6) is 0 Å². The van der Waals surface area contributed by atoms with Crippen molar-refractivity contribution in [3.05, 3.63) is 12.2 Å². The summed E-state index contributed by atoms with van der Waals surface area (Å²) in [6.45, 7) is 16.0. The fourth-order valence-electron chi connectivity index (χ4n) is 3.20. The van der Waals surface area contributed by atoms with Crippen LogP contribution in [0.2, 0.25) is 0 Å². The molecular formula is C18H32N4O3. The van der Waals surface area contributed by atoms with E-state index in [1.54, 1.807) is 0 Å². The lowest BCUT2D eigenvalue weighted by Gasteiger charge is -2.36. The van der Waals surface area contributed by atoms with E-state index >= 15 is 0 Å². The number of nitrogens with zero attached hydrogens (tertiary/aromatic N) is 4. The molecule has 0 N–H and O–H groups in total. The number of ether oxygens (including phenoxy) is 1. The van der Waals surface area contributed by atoms with Crippen LogP contribution in [0.15, 0.2) is 12.2 Å². The molecule has 0 radical (unpaired) electrons. The van der Waals surface area contributed by atoms with Crippen molar-refractivity contribution in [3.63, 3.8) is 0 Å². The molecule has 25 heavy (non-hydrogen) atoms. The maximum absolute atomic E-state index is 12.4. The molecule has 7 heteroatoms. The van der Waals surface area contributed by atoms with E-state index in [0.29, 0.717) is 52.5 Å². The van der Waals surface area contributed by atoms with E-state index in [-0.39, 0.29) is 11.8 Å². The third-order valence-corrected chi connectivity index (χ3v) is 4.74. The molecule has 0 spiro atoms. The molecule has 7 nitrogen and oxygen atoms in total. The summed E-state index contributed by atoms with van der Waals surface area (Å²) < 4.78 is 5.32. The van der Waals surface area contributed by atoms with Gasteiger partial charge in [-0.05, 0) is 13.8 Å². The fourth-order valence-corrected chi connectivity index (χ4v) is 3.20. The highest BCUT2D eigenvalue weighted by Gasteiger charge is 2.25. The van der Waals surface area contributed by atoms with E-state index in [2.05, 4.69) is 16.4 Å². The topological polar surface area (TPSA) is 56.3 Å². The number of carbonyl (C=O) groups is 2. The first kappa shape index (κ1) is 19.9. The van der Waals surface area contributed by atoms with Crippen molar-refractivity contribution in [2.45, 2.75) is 13.8 Å². The first-order chi connectivity index (χ1) is 12.0. The Balaban J connectivity index is 1.72. The Bertz CT molecular complexity index is 469. The molecule has 2 saturated heterocycles. The van der Waals surface area contributed by atoms with Crippen molar-refractivity contribution in [3.8, 4) is 0 Å². The predicted octanol–water partition coefficient (Wildman–Crippen LogP) is -0.113. The molecule has 142 valence electrons. The van der Waals surface area contributed by atoms with Gasteiger partial charge < -0.3 is 14.5 Å². The number of hydrogen-bond acceptors (Lipinski definition) is 5. The van der Waals surface area contributed by atoms with Gasteiger partial charge in [-0.15, -0.1) is 0 Å². The minimum Gasteiger partial charge on any atom is -0.379 e. The van der Waals surface area contributed by atoms with Crippen LogP contribution in [0.3, 0.4) is 0 Å². The van der Waals surface area contributed by atoms with Crippen molar-refractivity contribution in [1.29, 1.82) is 0 Å². The Morgan fingerprint density at radius 2 is 1.60 bits per heavy atom. The molecule has 0 saturated carbocycles. The Labute approximate surface area is 151 Å². The summed E-state index contributed by atoms with van der Waals surface area (Å²) in [5, 5.41) is 0. The highest BCUT2D eigenvalue weighted by atomic mass is 16.5. The summed E-state index contributed by atoms with van der Waals surface area (Å²) in [6.07, 6.45) is 0. The molecule has 2 fully saturated rings. The molecule has 2 aliphatic rings. The second-order valence-electron chi connectivity index (χ2n) is 6.91. The van der Waals surface area contributed by atoms with Crippen molar-refractivity contribution in [1.82, 2.24) is 19.6 Å². The van der Waals surface area contributed by atoms with Crippen molar-refractivity contribution in [2.75, 3.05) is 78.7 Å². The third kappa shape index (κ3) is 6.41. The number of carbonyl (C=O) groups excluding carboxylic acids is 2. The first-order valence-corrected chi connectivity index (χ1v) is 9.22. The lowest BCUT2D eigenvalue weighted by molar-refractivity contribution is -0.136. The van der Waals surface area contributed by atoms with E-state index in [9.17, 15) is 9.59 Å². The molecule has 0 atom stereocenters. The molecule has 2 aliphatic heterocycles. The van der Waals surface area contributed by atoms with E-state index in [1.807, 2.05) is 23.6 Å². The largest absolute Gasteiger partial charge is 0.379 e. The summed E-state index contributed by atoms with van der Waals surface area (Å²) in [4.78, 5) is 32.9. The Morgan fingerprint density at radius 3 is 2.16 bits per heavy atom. The average Bonchev–Trinajstić information content (AvgIpc) is 2.60. The maximum atomic E-state index is 12.4. The van der Waals surface area contributed by atoms with Gasteiger partial charge in [-0.2, -0.15) is 0 Å². The summed E-state index contributed by atoms with van der Waals surface area (Å²) in [5.41, 5.74) is 0.994. The normalized spacial score (nSPS) is 19.7. The van der Waals surface area contributed by atoms with Gasteiger partial charge in [0, 0.05) is 52.4 Å². The average molecular weight is 352 g/mol. The predicted molar refractivity (Wildman–Crippen MR) is 97.3 cm³/mol. The number of likely N-dealkylation sites (N-methyl/N-ethyl adjacent to an activating group) is 1. The molecule has 0 aliphatic carbocycles. The van der Waals surface area contributed by atoms with Crippen molar-refractivity contribution < 1.29 is 14.3 Å². The van der Waals surface area contributed by atoms with E-state index in [1.165, 1.54) is 0 Å². The summed E-state index contributed by atoms with van der Waals surface area (Å²) in [6, 6.07) is 0. The van der Waals surface area contributed by atoms with E-state index in [0.717, 1.165) is 31.8 Å². The van der Waals surface area contributed by atoms with Crippen molar-refractivity contribution in [2.24, 2.45) is 0 Å². The summed E-state index contributed by atoms with van der Waals surface area (Å²) in [5.74, 6) is 0.323. The highest BCUT2D eigenvalue weighted by Crippen LogP contribution is 2.06. The molecule has 0 aromatic heterocycles. The van der Waals surface area contributed by atoms with Crippen LogP contribution in [-0.4, -0.2) is 110 Å². The monoisotopic (exact) mass is 352 g/mol. The zero-order valence-electron chi connectivity index (χ0n) is 15.7. The van der Waals surface area contributed by atoms with Gasteiger partial charge in [0.05, 0.1) is 26.3 Å². The van der Waals surface area contributed by atoms with Gasteiger partial charge in [-0.1, -0.05) is 12.2 Å². The van der Waals surface area contributed by atoms with Crippen LogP contribution >= 0.6 is 0 Å². The van der Waals surface area contributed by atoms with Crippen LogP contribution in [-0.2, 0) is 14.3 Å². The number of amides is 2. The number of hydrogen-bond donors (Lipinski definition) is 0. The molecule has 2 heterocycles. The van der Waals surface area contributed by atoms with Gasteiger partial charge in [-0.25, -0.2) is 0 Å². The molecule has 0 unspecified atom stereocenters. The van der Waals surface area contributed by atoms with Crippen LogP contribution < -0.4 is 0 Å². The van der Waals surface area contributed by atoms with Gasteiger partial charge in [0.2, 0.25) is 11.8 Å². The molecule has 0 bridgehead atoms. The van der Waals surface area contributed by atoms with Gasteiger partial charge in [-0.3, -0.25) is 19.4 Å². The van der Waals surface area contributed by atoms with E-state index < -0.39 is 0 Å². The smallest absolute Gasteiger partial charge is 0.237 e. The van der Waals surface area contributed by atoms with Crippen molar-refractivity contribution >= 4 is 11.8 Å². The molecule has 0 aromatic carbocycles. The van der Waals surface area contributed by atoms with Gasteiger partial charge in [0.15, 0.2) is 0 Å². The number of piperazine rings is 1. The lowest BCUT2D eigenvalue weighted by Crippen LogP contribution is -2.54. The minimum absolute atomic E-state index is 0.138. The highest BCUT2D eigenvalue weighted by molar-refractivity contribution is 5.79. The molecule has 2 rings (SSSR count). The molecule has 2 amide bonds. The van der Waals surface area contributed by atoms with Crippen LogP contribution in [0, 0.1) is 0 Å². The van der Waals surface area contributed by atoms with Gasteiger partial charge in [0.1, 0.15) is 0 Å². The Morgan fingerprint density at radius 1 is 1.00 bits per heavy atom. The fraction of sp³-hybridized carbons (Fsp3) is 0.778. The minimum atomic E-state index is 0.138. The Hall–Kier alpha value is -1.44. The summed E-state index contributed by atoms with van der Waals surface area (Å²) >= 11 is 0. The van der Waals surface area contributed by atoms with Gasteiger partial charge in [0.25, 0.3) is 0 Å². The maximum Gasteiger partial charge on any atom is 0.237 e. The summed E-state index contributed by atoms with van der Waals surface area (Å²) in [7, 11) is 0. The van der Waals surface area contributed by atoms with Crippen LogP contribution in [0.4, 0.5) is 0 Å². The lowest BCUT2D eigenvalue weighted by atomic mass is 10.2. The first-order valence-electron chi connectivity index (χ1n) is 9.22. The number of rotatable bonds is 7. The second kappa shape index (κ2) is 9.89. The quantitative estimate of drug-likeness (QED) is 0.599. The zero-order valence-corrected chi connectivity index (χ0v) is 15.7. The Kier molecular flexibility index (Phi) is 7.87.